The van der Waals surface area contributed by atoms with Gasteiger partial charge in [0.1, 0.15) is 0 Å². The van der Waals surface area contributed by atoms with Crippen LogP contribution >= 0.6 is 0 Å². The first-order valence-electron chi connectivity index (χ1n) is 8.16. The van der Waals surface area contributed by atoms with E-state index in [2.05, 4.69) is 31.5 Å². The van der Waals surface area contributed by atoms with Crippen molar-refractivity contribution in [2.45, 2.75) is 38.3 Å². The molecule has 0 bridgehead atoms. The Hall–Kier alpha value is -2.16. The fourth-order valence-electron chi connectivity index (χ4n) is 2.34. The van der Waals surface area contributed by atoms with Crippen LogP contribution in [0.25, 0.3) is 0 Å². The van der Waals surface area contributed by atoms with Crippen molar-refractivity contribution in [3.8, 4) is 0 Å². The standard InChI is InChI=1S/C15H29N7O2/c1-11(23)21-19-10-12(6-5-8-18-15(16-2)17-3)20-14(24)13-7-9-22(13)4/h10,12-13H,5-9H2,1-4H3,(H,20,24)(H,21,23)(H2,16,17,18)/b19-10+/t12-,13-/m0/s1. The fourth-order valence-corrected chi connectivity index (χ4v) is 2.34. The number of hydrogen-bond acceptors (Lipinski definition) is 5. The van der Waals surface area contributed by atoms with Crippen molar-refractivity contribution in [1.29, 1.82) is 0 Å². The molecule has 1 saturated heterocycles. The highest BCUT2D eigenvalue weighted by Crippen LogP contribution is 2.14. The second-order valence-corrected chi connectivity index (χ2v) is 5.74. The molecule has 1 heterocycles. The maximum absolute atomic E-state index is 12.2. The minimum atomic E-state index is -0.241. The third-order valence-electron chi connectivity index (χ3n) is 3.84. The van der Waals surface area contributed by atoms with E-state index in [0.717, 1.165) is 31.9 Å². The summed E-state index contributed by atoms with van der Waals surface area (Å²) in [5.41, 5.74) is 2.37. The lowest BCUT2D eigenvalue weighted by molar-refractivity contribution is -0.130. The van der Waals surface area contributed by atoms with E-state index in [1.54, 1.807) is 20.3 Å². The predicted octanol–water partition coefficient (Wildman–Crippen LogP) is -1.13. The Morgan fingerprint density at radius 3 is 2.67 bits per heavy atom. The number of hydrazone groups is 1. The summed E-state index contributed by atoms with van der Waals surface area (Å²) in [4.78, 5) is 29.2. The molecule has 0 spiro atoms. The van der Waals surface area contributed by atoms with E-state index in [1.807, 2.05) is 11.9 Å². The first-order valence-corrected chi connectivity index (χ1v) is 8.16. The van der Waals surface area contributed by atoms with Crippen LogP contribution in [0.4, 0.5) is 0 Å². The molecule has 2 atom stereocenters. The van der Waals surface area contributed by atoms with Crippen molar-refractivity contribution in [1.82, 2.24) is 26.3 Å². The predicted molar refractivity (Wildman–Crippen MR) is 94.9 cm³/mol. The molecule has 0 aromatic carbocycles. The Morgan fingerprint density at radius 2 is 2.17 bits per heavy atom. The van der Waals surface area contributed by atoms with E-state index in [-0.39, 0.29) is 23.9 Å². The lowest BCUT2D eigenvalue weighted by atomic mass is 10.0. The van der Waals surface area contributed by atoms with Gasteiger partial charge >= 0.3 is 0 Å². The van der Waals surface area contributed by atoms with Crippen LogP contribution in [0.1, 0.15) is 26.2 Å². The van der Waals surface area contributed by atoms with Crippen LogP contribution < -0.4 is 21.4 Å². The first kappa shape index (κ1) is 19.9. The molecule has 0 aromatic rings. The Kier molecular flexibility index (Phi) is 8.77. The minimum absolute atomic E-state index is 0.00187. The second kappa shape index (κ2) is 10.6. The number of nitrogens with zero attached hydrogens (tertiary/aromatic N) is 3. The van der Waals surface area contributed by atoms with Gasteiger partial charge < -0.3 is 16.0 Å². The molecule has 4 N–H and O–H groups in total. The number of aliphatic imine (C=N–C) groups is 1. The quantitative estimate of drug-likeness (QED) is 0.194. The monoisotopic (exact) mass is 339 g/mol. The summed E-state index contributed by atoms with van der Waals surface area (Å²) in [5.74, 6) is 0.482. The van der Waals surface area contributed by atoms with Gasteiger partial charge in [-0.25, -0.2) is 5.43 Å². The molecular formula is C15H29N7O2. The number of guanidine groups is 1. The topological polar surface area (TPSA) is 110 Å². The molecule has 136 valence electrons. The van der Waals surface area contributed by atoms with Crippen molar-refractivity contribution in [2.24, 2.45) is 10.1 Å². The van der Waals surface area contributed by atoms with Crippen LogP contribution in [0.3, 0.4) is 0 Å². The molecule has 0 saturated carbocycles. The summed E-state index contributed by atoms with van der Waals surface area (Å²) in [7, 11) is 5.44. The number of carbonyl (C=O) groups excluding carboxylic acids is 2. The zero-order valence-electron chi connectivity index (χ0n) is 14.9. The van der Waals surface area contributed by atoms with Gasteiger partial charge in [0.15, 0.2) is 5.96 Å². The number of amides is 2. The van der Waals surface area contributed by atoms with Crippen LogP contribution in [0.5, 0.6) is 0 Å². The van der Waals surface area contributed by atoms with E-state index in [0.29, 0.717) is 6.42 Å². The number of likely N-dealkylation sites (tertiary alicyclic amines) is 1. The maximum Gasteiger partial charge on any atom is 0.237 e. The minimum Gasteiger partial charge on any atom is -0.359 e. The SMILES string of the molecule is CN=C(NC)NCCC[C@@H](/C=N/NC(C)=O)NC(=O)[C@@H]1CCN1C. The van der Waals surface area contributed by atoms with E-state index in [4.69, 9.17) is 0 Å². The summed E-state index contributed by atoms with van der Waals surface area (Å²) < 4.78 is 0. The van der Waals surface area contributed by atoms with Crippen molar-refractivity contribution in [2.75, 3.05) is 34.2 Å². The highest BCUT2D eigenvalue weighted by atomic mass is 16.2. The van der Waals surface area contributed by atoms with Crippen molar-refractivity contribution < 1.29 is 9.59 Å². The molecular weight excluding hydrogens is 310 g/mol. The van der Waals surface area contributed by atoms with Gasteiger partial charge in [-0.1, -0.05) is 0 Å². The van der Waals surface area contributed by atoms with Gasteiger partial charge in [0.05, 0.1) is 12.1 Å². The maximum atomic E-state index is 12.2. The number of nitrogens with one attached hydrogen (secondary N) is 4. The zero-order chi connectivity index (χ0) is 17.9. The zero-order valence-corrected chi connectivity index (χ0v) is 14.9. The summed E-state index contributed by atoms with van der Waals surface area (Å²) >= 11 is 0. The van der Waals surface area contributed by atoms with Crippen molar-refractivity contribution in [3.63, 3.8) is 0 Å². The van der Waals surface area contributed by atoms with E-state index >= 15 is 0 Å². The van der Waals surface area contributed by atoms with Gasteiger partial charge in [-0.15, -0.1) is 0 Å². The highest BCUT2D eigenvalue weighted by molar-refractivity contribution is 5.86. The van der Waals surface area contributed by atoms with Crippen molar-refractivity contribution >= 4 is 24.0 Å². The number of hydrogen-bond donors (Lipinski definition) is 4. The number of likely N-dealkylation sites (N-methyl/N-ethyl adjacent to an activating group) is 1. The molecule has 9 heteroatoms. The molecule has 1 aliphatic rings. The van der Waals surface area contributed by atoms with Gasteiger partial charge in [-0.2, -0.15) is 5.10 Å². The van der Waals surface area contributed by atoms with E-state index in [1.165, 1.54) is 6.92 Å². The molecule has 1 aliphatic heterocycles. The van der Waals surface area contributed by atoms with Gasteiger partial charge in [-0.3, -0.25) is 19.5 Å². The van der Waals surface area contributed by atoms with Gasteiger partial charge in [0, 0.05) is 40.3 Å². The van der Waals surface area contributed by atoms with E-state index in [9.17, 15) is 9.59 Å². The molecule has 1 rings (SSSR count). The lowest BCUT2D eigenvalue weighted by Crippen LogP contribution is -2.56. The molecule has 24 heavy (non-hydrogen) atoms. The highest BCUT2D eigenvalue weighted by Gasteiger charge is 2.31. The summed E-state index contributed by atoms with van der Waals surface area (Å²) in [6.45, 7) is 3.05. The van der Waals surface area contributed by atoms with Crippen molar-refractivity contribution in [3.05, 3.63) is 0 Å². The average molecular weight is 339 g/mol. The third-order valence-corrected chi connectivity index (χ3v) is 3.84. The Morgan fingerprint density at radius 1 is 1.42 bits per heavy atom. The van der Waals surface area contributed by atoms with Crippen LogP contribution in [-0.4, -0.2) is 75.2 Å². The number of rotatable bonds is 8. The molecule has 0 unspecified atom stereocenters. The Labute approximate surface area is 143 Å². The van der Waals surface area contributed by atoms with Gasteiger partial charge in [0.25, 0.3) is 0 Å². The smallest absolute Gasteiger partial charge is 0.237 e. The fraction of sp³-hybridized carbons (Fsp3) is 0.733. The Bertz CT molecular complexity index is 478. The van der Waals surface area contributed by atoms with Gasteiger partial charge in [-0.05, 0) is 26.3 Å². The molecule has 0 aliphatic carbocycles. The molecule has 1 fully saturated rings. The molecule has 9 nitrogen and oxygen atoms in total. The summed E-state index contributed by atoms with van der Waals surface area (Å²) in [6.07, 6.45) is 3.97. The lowest BCUT2D eigenvalue weighted by Gasteiger charge is -2.37. The third kappa shape index (κ3) is 6.95. The van der Waals surface area contributed by atoms with Gasteiger partial charge in [0.2, 0.25) is 11.8 Å². The van der Waals surface area contributed by atoms with Crippen LogP contribution in [-0.2, 0) is 9.59 Å². The van der Waals surface area contributed by atoms with Crippen LogP contribution in [0.2, 0.25) is 0 Å². The summed E-state index contributed by atoms with van der Waals surface area (Å²) in [5, 5.41) is 13.0. The second-order valence-electron chi connectivity index (χ2n) is 5.74. The molecule has 0 radical (unpaired) electrons. The molecule has 0 aromatic heterocycles. The Balaban J connectivity index is 2.46. The molecule has 2 amide bonds. The summed E-state index contributed by atoms with van der Waals surface area (Å²) in [6, 6.07) is -0.292. The normalized spacial score (nSPS) is 19.5. The first-order chi connectivity index (χ1) is 11.5. The average Bonchev–Trinajstić information content (AvgIpc) is 2.52. The number of carbonyl (C=O) groups is 2. The largest absolute Gasteiger partial charge is 0.359 e. The van der Waals surface area contributed by atoms with E-state index < -0.39 is 0 Å². The van der Waals surface area contributed by atoms with Crippen LogP contribution in [0, 0.1) is 0 Å². The van der Waals surface area contributed by atoms with Crippen LogP contribution in [0.15, 0.2) is 10.1 Å².